The van der Waals surface area contributed by atoms with Crippen molar-refractivity contribution < 1.29 is 14.7 Å². The van der Waals surface area contributed by atoms with Crippen LogP contribution < -0.4 is 0 Å². The van der Waals surface area contributed by atoms with Crippen LogP contribution in [-0.2, 0) is 14.7 Å². The highest BCUT2D eigenvalue weighted by Gasteiger charge is 2.56. The Morgan fingerprint density at radius 3 is 2.00 bits per heavy atom. The number of rotatable bonds is 1. The summed E-state index contributed by atoms with van der Waals surface area (Å²) < 4.78 is 5.39. The van der Waals surface area contributed by atoms with Crippen LogP contribution in [0.3, 0.4) is 0 Å². The van der Waals surface area contributed by atoms with Gasteiger partial charge in [-0.15, -0.1) is 10.3 Å². The summed E-state index contributed by atoms with van der Waals surface area (Å²) in [7, 11) is 0. The minimum atomic E-state index is -0.703. The van der Waals surface area contributed by atoms with Gasteiger partial charge in [0.15, 0.2) is 0 Å². The molecule has 0 aromatic heterocycles. The average Bonchev–Trinajstić information content (AvgIpc) is 2.23. The van der Waals surface area contributed by atoms with E-state index in [4.69, 9.17) is 4.74 Å². The van der Waals surface area contributed by atoms with Gasteiger partial charge in [-0.2, -0.15) is 0 Å². The molecule has 0 aromatic rings. The van der Waals surface area contributed by atoms with Crippen LogP contribution in [0.25, 0.3) is 0 Å². The maximum Gasteiger partial charge on any atom is 0.311 e. The predicted octanol–water partition coefficient (Wildman–Crippen LogP) is 2.55. The van der Waals surface area contributed by atoms with E-state index >= 15 is 0 Å². The number of hydrogen-bond donors (Lipinski definition) is 0. The van der Waals surface area contributed by atoms with Crippen LogP contribution in [0.5, 0.6) is 0 Å². The summed E-state index contributed by atoms with van der Waals surface area (Å²) in [5, 5.41) is 13.2. The predicted molar refractivity (Wildman–Crippen MR) is 64.6 cm³/mol. The number of hydrogen-bond acceptors (Lipinski definition) is 3. The zero-order valence-corrected chi connectivity index (χ0v) is 12.0. The molecule has 1 fully saturated rings. The minimum Gasteiger partial charge on any atom is -0.460 e. The molecule has 17 heavy (non-hydrogen) atoms. The molecule has 1 aliphatic heterocycles. The van der Waals surface area contributed by atoms with Crippen molar-refractivity contribution in [3.63, 3.8) is 0 Å². The van der Waals surface area contributed by atoms with E-state index in [1.807, 2.05) is 48.5 Å². The summed E-state index contributed by atoms with van der Waals surface area (Å²) >= 11 is 0. The quantitative estimate of drug-likeness (QED) is 0.664. The molecule has 1 rings (SSSR count). The van der Waals surface area contributed by atoms with Crippen molar-refractivity contribution in [1.29, 1.82) is 0 Å². The second kappa shape index (κ2) is 3.95. The molecule has 0 aromatic carbocycles. The van der Waals surface area contributed by atoms with Crippen molar-refractivity contribution in [1.82, 2.24) is 5.06 Å². The maximum atomic E-state index is 12.1. The molecule has 1 saturated heterocycles. The highest BCUT2D eigenvalue weighted by Crippen LogP contribution is 2.44. The van der Waals surface area contributed by atoms with Crippen LogP contribution in [0.15, 0.2) is 0 Å². The number of nitrogens with zero attached hydrogens (tertiary/aromatic N) is 1. The first-order valence-corrected chi connectivity index (χ1v) is 6.08. The molecule has 1 radical (unpaired) electrons. The molecule has 99 valence electrons. The average molecular weight is 242 g/mol. The molecular weight excluding hydrogens is 218 g/mol. The lowest BCUT2D eigenvalue weighted by molar-refractivity contribution is -0.249. The van der Waals surface area contributed by atoms with Gasteiger partial charge in [0.25, 0.3) is 0 Å². The van der Waals surface area contributed by atoms with Gasteiger partial charge >= 0.3 is 5.97 Å². The van der Waals surface area contributed by atoms with Crippen LogP contribution in [0.1, 0.15) is 54.9 Å². The van der Waals surface area contributed by atoms with Crippen molar-refractivity contribution >= 4 is 5.97 Å². The zero-order valence-electron chi connectivity index (χ0n) is 12.0. The molecule has 0 spiro atoms. The van der Waals surface area contributed by atoms with E-state index in [1.165, 1.54) is 0 Å². The fourth-order valence-electron chi connectivity index (χ4n) is 2.50. The molecule has 1 atom stereocenters. The van der Waals surface area contributed by atoms with Gasteiger partial charge < -0.3 is 4.74 Å². The van der Waals surface area contributed by atoms with Gasteiger partial charge in [-0.25, -0.2) is 0 Å². The molecule has 0 N–H and O–H groups in total. The standard InChI is InChI=1S/C13H24NO3/c1-11(2,3)17-10(15)9-8-12(4,5)14(16)13(9,6)7/h9H,8H2,1-7H3. The largest absolute Gasteiger partial charge is 0.460 e. The molecule has 0 aliphatic carbocycles. The fraction of sp³-hybridized carbons (Fsp3) is 0.923. The molecule has 4 heteroatoms. The molecule has 0 bridgehead atoms. The van der Waals surface area contributed by atoms with E-state index in [9.17, 15) is 10.0 Å². The Hall–Kier alpha value is -0.610. The van der Waals surface area contributed by atoms with Crippen LogP contribution in [0, 0.1) is 5.92 Å². The summed E-state index contributed by atoms with van der Waals surface area (Å²) in [6, 6.07) is 0. The maximum absolute atomic E-state index is 12.1. The van der Waals surface area contributed by atoms with Gasteiger partial charge in [-0.1, -0.05) is 0 Å². The van der Waals surface area contributed by atoms with Crippen molar-refractivity contribution in [2.24, 2.45) is 5.92 Å². The van der Waals surface area contributed by atoms with E-state index in [0.29, 0.717) is 6.42 Å². The van der Waals surface area contributed by atoms with Crippen molar-refractivity contribution in [3.8, 4) is 0 Å². The Kier molecular flexibility index (Phi) is 3.36. The number of hydroxylamine groups is 2. The van der Waals surface area contributed by atoms with E-state index in [0.717, 1.165) is 5.06 Å². The van der Waals surface area contributed by atoms with Gasteiger partial charge in [0.2, 0.25) is 0 Å². The first-order chi connectivity index (χ1) is 7.38. The molecule has 1 unspecified atom stereocenters. The number of carbonyl (C=O) groups is 1. The third kappa shape index (κ3) is 2.80. The topological polar surface area (TPSA) is 49.4 Å². The molecule has 1 heterocycles. The van der Waals surface area contributed by atoms with Gasteiger partial charge in [-0.05, 0) is 54.9 Å². The van der Waals surface area contributed by atoms with Crippen molar-refractivity contribution in [3.05, 3.63) is 0 Å². The van der Waals surface area contributed by atoms with E-state index in [-0.39, 0.29) is 11.9 Å². The molecule has 1 aliphatic rings. The zero-order chi connectivity index (χ0) is 13.6. The van der Waals surface area contributed by atoms with Crippen LogP contribution in [0.2, 0.25) is 0 Å². The van der Waals surface area contributed by atoms with Gasteiger partial charge in [-0.3, -0.25) is 4.79 Å². The Labute approximate surface area is 104 Å². The Morgan fingerprint density at radius 1 is 1.24 bits per heavy atom. The minimum absolute atomic E-state index is 0.270. The number of carbonyl (C=O) groups excluding carboxylic acids is 1. The summed E-state index contributed by atoms with van der Waals surface area (Å²) in [4.78, 5) is 12.1. The molecular formula is C13H24NO3. The highest BCUT2D eigenvalue weighted by atomic mass is 16.6. The van der Waals surface area contributed by atoms with Gasteiger partial charge in [0.05, 0.1) is 11.5 Å². The first-order valence-electron chi connectivity index (χ1n) is 6.08. The second-order valence-corrected chi connectivity index (χ2v) is 7.05. The van der Waals surface area contributed by atoms with Crippen molar-refractivity contribution in [2.45, 2.75) is 71.6 Å². The number of ether oxygens (including phenoxy) is 1. The van der Waals surface area contributed by atoms with Crippen LogP contribution in [0.4, 0.5) is 0 Å². The lowest BCUT2D eigenvalue weighted by Crippen LogP contribution is -2.48. The Bertz CT molecular complexity index is 315. The monoisotopic (exact) mass is 242 g/mol. The summed E-state index contributed by atoms with van der Waals surface area (Å²) in [6.07, 6.45) is 0.540. The van der Waals surface area contributed by atoms with Crippen LogP contribution >= 0.6 is 0 Å². The lowest BCUT2D eigenvalue weighted by Gasteiger charge is -2.33. The Morgan fingerprint density at radius 2 is 1.71 bits per heavy atom. The Balaban J connectivity index is 2.90. The van der Waals surface area contributed by atoms with Gasteiger partial charge in [0.1, 0.15) is 5.60 Å². The third-order valence-electron chi connectivity index (χ3n) is 3.32. The normalized spacial score (nSPS) is 28.1. The second-order valence-electron chi connectivity index (χ2n) is 7.05. The fourth-order valence-corrected chi connectivity index (χ4v) is 2.50. The smallest absolute Gasteiger partial charge is 0.311 e. The summed E-state index contributed by atoms with van der Waals surface area (Å²) in [6.45, 7) is 12.9. The SMILES string of the molecule is CC(C)(C)OC(=O)C1CC(C)(C)N([O])C1(C)C. The van der Waals surface area contributed by atoms with Gasteiger partial charge in [0, 0.05) is 5.54 Å². The van der Waals surface area contributed by atoms with E-state index in [1.54, 1.807) is 0 Å². The van der Waals surface area contributed by atoms with E-state index < -0.39 is 16.7 Å². The van der Waals surface area contributed by atoms with Crippen molar-refractivity contribution in [2.75, 3.05) is 0 Å². The first kappa shape index (κ1) is 14.5. The third-order valence-corrected chi connectivity index (χ3v) is 3.32. The summed E-state index contributed by atoms with van der Waals surface area (Å²) in [5.74, 6) is -0.636. The molecule has 0 amide bonds. The van der Waals surface area contributed by atoms with E-state index in [2.05, 4.69) is 0 Å². The summed E-state index contributed by atoms with van der Waals surface area (Å²) in [5.41, 5.74) is -1.72. The number of esters is 1. The van der Waals surface area contributed by atoms with Crippen LogP contribution in [-0.4, -0.2) is 27.7 Å². The molecule has 0 saturated carbocycles. The lowest BCUT2D eigenvalue weighted by atomic mass is 9.87. The molecule has 4 nitrogen and oxygen atoms in total. The highest BCUT2D eigenvalue weighted by molar-refractivity contribution is 5.75.